The van der Waals surface area contributed by atoms with Gasteiger partial charge in [0, 0.05) is 154 Å². The molecular weight excluding hydrogens is 1370 g/mol. The van der Waals surface area contributed by atoms with Crippen molar-refractivity contribution in [3.05, 3.63) is 161 Å². The number of piperazine rings is 2. The Bertz CT molecular complexity index is 3790. The van der Waals surface area contributed by atoms with Gasteiger partial charge in [-0.05, 0) is 157 Å². The largest absolute Gasteiger partial charge is 1.00 e. The molecule has 4 amide bonds. The van der Waals surface area contributed by atoms with E-state index in [1.54, 1.807) is 4.90 Å². The van der Waals surface area contributed by atoms with Crippen LogP contribution >= 0.6 is 69.6 Å². The number of carboxylic acids is 1. The van der Waals surface area contributed by atoms with Crippen molar-refractivity contribution < 1.29 is 72.7 Å². The second-order valence-electron chi connectivity index (χ2n) is 25.2. The molecule has 6 heterocycles. The Hall–Kier alpha value is -5.50. The summed E-state index contributed by atoms with van der Waals surface area (Å²) in [4.78, 5) is 82.9. The van der Waals surface area contributed by atoms with E-state index in [4.69, 9.17) is 79.5 Å². The summed E-state index contributed by atoms with van der Waals surface area (Å²) in [6.45, 7) is 19.8. The average Bonchev–Trinajstić information content (AvgIpc) is 1.43. The van der Waals surface area contributed by atoms with Crippen LogP contribution in [-0.2, 0) is 56.4 Å². The maximum atomic E-state index is 13.5. The molecule has 27 heteroatoms. The zero-order valence-corrected chi connectivity index (χ0v) is 63.3. The number of urea groups is 2. The van der Waals surface area contributed by atoms with Gasteiger partial charge in [-0.25, -0.2) is 9.59 Å². The summed E-state index contributed by atoms with van der Waals surface area (Å²) in [6, 6.07) is 33.9. The fourth-order valence-corrected chi connectivity index (χ4v) is 15.2. The second kappa shape index (κ2) is 35.7. The van der Waals surface area contributed by atoms with Crippen molar-refractivity contribution >= 4 is 136 Å². The van der Waals surface area contributed by atoms with E-state index < -0.39 is 17.9 Å². The molecule has 4 atom stereocenters. The van der Waals surface area contributed by atoms with E-state index in [-0.39, 0.29) is 51.7 Å². The van der Waals surface area contributed by atoms with Crippen LogP contribution in [0.1, 0.15) is 99.5 Å². The summed E-state index contributed by atoms with van der Waals surface area (Å²) in [5.41, 5.74) is 11.6. The van der Waals surface area contributed by atoms with Crippen molar-refractivity contribution in [1.29, 1.82) is 0 Å². The molecule has 4 fully saturated rings. The van der Waals surface area contributed by atoms with Gasteiger partial charge < -0.3 is 35.3 Å². The molecule has 0 aliphatic carbocycles. The van der Waals surface area contributed by atoms with Gasteiger partial charge in [0.25, 0.3) is 17.9 Å². The molecule has 12 rings (SSSR count). The Labute approximate surface area is 621 Å². The molecule has 19 nitrogen and oxygen atoms in total. The van der Waals surface area contributed by atoms with Crippen molar-refractivity contribution in [2.45, 2.75) is 130 Å². The van der Waals surface area contributed by atoms with Crippen molar-refractivity contribution in [3.63, 3.8) is 0 Å². The number of carboxylic acid groups (broad SMARTS) is 1. The smallest absolute Gasteiger partial charge is 0.702 e. The number of carbonyl (C=O) groups excluding carboxylic acids is 5. The number of rotatable bonds is 15. The minimum absolute atomic E-state index is 0. The number of benzene rings is 6. The maximum absolute atomic E-state index is 13.5. The number of aliphatic carboxylic acids is 1. The molecule has 0 saturated carbocycles. The number of hydrogen-bond acceptors (Lipinski definition) is 14. The van der Waals surface area contributed by atoms with Gasteiger partial charge in [0.1, 0.15) is 14.0 Å². The van der Waals surface area contributed by atoms with Crippen LogP contribution in [0.4, 0.5) is 32.3 Å². The molecule has 6 aromatic carbocycles. The monoisotopic (exact) mass is 1450 g/mol. The predicted octanol–water partition coefficient (Wildman–Crippen LogP) is 11.1. The first-order valence-electron chi connectivity index (χ1n) is 31.6. The Morgan fingerprint density at radius 1 is 0.588 bits per heavy atom. The quantitative estimate of drug-likeness (QED) is 0.0559. The molecule has 4 bridgehead atoms. The van der Waals surface area contributed by atoms with Gasteiger partial charge in [0.2, 0.25) is 0 Å². The number of aldehydes is 1. The summed E-state index contributed by atoms with van der Waals surface area (Å²) in [5.74, 6) is -1.87. The summed E-state index contributed by atoms with van der Waals surface area (Å²) in [7, 11) is 8.44. The van der Waals surface area contributed by atoms with Gasteiger partial charge in [0.15, 0.2) is 0 Å². The minimum atomic E-state index is -0.833. The van der Waals surface area contributed by atoms with E-state index in [9.17, 15) is 24.0 Å². The molecular formula is C70H82BCl6N10NaO9. The molecule has 6 aromatic rings. The van der Waals surface area contributed by atoms with E-state index in [2.05, 4.69) is 102 Å². The second-order valence-corrected chi connectivity index (χ2v) is 27.6. The van der Waals surface area contributed by atoms with Gasteiger partial charge in [-0.15, -0.1) is 0 Å². The summed E-state index contributed by atoms with van der Waals surface area (Å²) in [5, 5.41) is 18.8. The Balaban J connectivity index is 0.000000222. The molecule has 6 aliphatic heterocycles. The van der Waals surface area contributed by atoms with E-state index >= 15 is 0 Å². The molecule has 6 aliphatic rings. The summed E-state index contributed by atoms with van der Waals surface area (Å²) >= 11 is 40.4. The topological polar surface area (TPSA) is 200 Å². The fraction of sp³-hybridized carbons (Fsp3) is 0.400. The van der Waals surface area contributed by atoms with E-state index in [1.165, 1.54) is 43.7 Å². The average molecular weight is 1450 g/mol. The van der Waals surface area contributed by atoms with Gasteiger partial charge in [-0.3, -0.25) is 48.6 Å². The van der Waals surface area contributed by atoms with E-state index in [0.717, 1.165) is 102 Å². The number of nitrogens with zero attached hydrogens (tertiary/aromatic N) is 7. The van der Waals surface area contributed by atoms with Crippen LogP contribution in [0.15, 0.2) is 97.1 Å². The third kappa shape index (κ3) is 19.5. The first-order chi connectivity index (χ1) is 45.6. The van der Waals surface area contributed by atoms with E-state index in [1.807, 2.05) is 88.9 Å². The fourth-order valence-electron chi connectivity index (χ4n) is 13.4. The normalized spacial score (nSPS) is 18.4. The summed E-state index contributed by atoms with van der Waals surface area (Å²) in [6.07, 6.45) is 3.08. The Kier molecular flexibility index (Phi) is 29.0. The van der Waals surface area contributed by atoms with Crippen molar-refractivity contribution in [1.82, 2.24) is 40.4 Å². The van der Waals surface area contributed by atoms with Crippen LogP contribution in [0, 0.1) is 0 Å². The zero-order valence-electron chi connectivity index (χ0n) is 56.7. The number of anilines is 4. The van der Waals surface area contributed by atoms with Gasteiger partial charge in [-0.2, -0.15) is 0 Å². The van der Waals surface area contributed by atoms with Crippen LogP contribution < -0.4 is 55.3 Å². The number of halogens is 6. The first-order valence-corrected chi connectivity index (χ1v) is 33.9. The van der Waals surface area contributed by atoms with Crippen LogP contribution in [-0.4, -0.2) is 164 Å². The van der Waals surface area contributed by atoms with Crippen LogP contribution in [0.25, 0.3) is 22.3 Å². The number of amides is 4. The number of fused-ring (bicyclic) bond motifs is 6. The van der Waals surface area contributed by atoms with Crippen LogP contribution in [0.3, 0.4) is 0 Å². The third-order valence-electron chi connectivity index (χ3n) is 17.1. The molecule has 97 heavy (non-hydrogen) atoms. The van der Waals surface area contributed by atoms with Crippen molar-refractivity contribution in [2.24, 2.45) is 0 Å². The molecule has 512 valence electrons. The first kappa shape index (κ1) is 78.8. The molecule has 4 saturated heterocycles. The number of hydrogen-bond donors (Lipinski definition) is 4. The standard InChI is InChI=1S/C32H36Cl3N5O.C30H29Cl3N4O2.C4H6BO4.C2H7N.C2H4O2.Na/c1-19(2)39-18-22-13-23(39)17-38(22)16-20-9-25(24-7-5-6-8-27(24)33)26-14-36-32(41)40(30(26)12-20)31-28(34)10-21(11-29(31)35)15-37(3)4;1-17(2)36-15-20-11-21(36)14-35(20)13-18-7-23(22-5-3-4-6-25(22)31)24-12-34-30(39)37(28(24)10-18)29-26(32)8-19(16-38)9-27(29)33;1-3(6)8-5-9-4(2)7;1-3-2;1-2(3)4;/h5-12,19,22-23H,13-18H2,1-4H3,(H,36,41);3-10,16-17,20-21H,11-15H2,1-2H3,(H,34,39);1-2H3;3H,1-2H3;1H3,(H,3,4);/q;;-1;;;+1. The third-order valence-corrected chi connectivity index (χ3v) is 18.9. The molecule has 4 unspecified atom stereocenters. The predicted molar refractivity (Wildman–Crippen MR) is 385 cm³/mol. The number of likely N-dealkylation sites (tertiary alicyclic amines) is 4. The van der Waals surface area contributed by atoms with Crippen LogP contribution in [0.2, 0.25) is 30.1 Å². The maximum Gasteiger partial charge on any atom is 1.00 e. The van der Waals surface area contributed by atoms with Gasteiger partial charge in [-0.1, -0.05) is 106 Å². The van der Waals surface area contributed by atoms with Gasteiger partial charge in [0.05, 0.1) is 42.8 Å². The Morgan fingerprint density at radius 2 is 0.959 bits per heavy atom. The Morgan fingerprint density at radius 3 is 1.28 bits per heavy atom. The minimum Gasteiger partial charge on any atom is -0.702 e. The SMILES string of the molecule is CC(=O)O.CC(=O)O[B-]OC(C)=O.CC(C)N1CC2CC1CN2Cc1cc(-c2ccccc2Cl)c2c(c1)N(c1c(Cl)cc(C=O)cc1Cl)C(=O)NC2.CC(C)N1CC2CC1CN2Cc1cc(-c2ccccc2Cl)c2c(c1)N(c1c(Cl)cc(CN(C)C)cc1Cl)C(=O)NC2.CNC.[Na+]. The van der Waals surface area contributed by atoms with Crippen molar-refractivity contribution in [2.75, 3.05) is 64.2 Å². The van der Waals surface area contributed by atoms with Crippen molar-refractivity contribution in [3.8, 4) is 22.3 Å². The molecule has 0 spiro atoms. The molecule has 0 aromatic heterocycles. The molecule has 2 radical (unpaired) electrons. The van der Waals surface area contributed by atoms with Crippen LogP contribution in [0.5, 0.6) is 0 Å². The number of carbonyl (C=O) groups is 6. The van der Waals surface area contributed by atoms with E-state index in [0.29, 0.717) is 113 Å². The molecule has 4 N–H and O–H groups in total. The number of nitrogens with one attached hydrogen (secondary N) is 3. The zero-order chi connectivity index (χ0) is 70.0. The summed E-state index contributed by atoms with van der Waals surface area (Å²) < 4.78 is 8.29. The van der Waals surface area contributed by atoms with Gasteiger partial charge >= 0.3 is 41.6 Å².